The van der Waals surface area contributed by atoms with Crippen LogP contribution in [0.3, 0.4) is 0 Å². The Kier molecular flexibility index (Phi) is 5.14. The molecular formula is C16H21NOS. The van der Waals surface area contributed by atoms with E-state index in [4.69, 9.17) is 4.74 Å². The molecule has 1 aromatic carbocycles. The van der Waals surface area contributed by atoms with Crippen molar-refractivity contribution in [1.29, 1.82) is 0 Å². The molecule has 102 valence electrons. The Hall–Kier alpha value is -1.16. The maximum atomic E-state index is 5.77. The standard InChI is InChI=1S/C16H21NOS/c1-4-17-14(16-12(2)10-11-19-16)15(18-3)13-8-6-5-7-9-13/h5-11,14-15,17H,4H2,1-3H3. The van der Waals surface area contributed by atoms with Crippen molar-refractivity contribution in [1.82, 2.24) is 5.32 Å². The Bertz CT molecular complexity index is 494. The number of ether oxygens (including phenoxy) is 1. The fourth-order valence-electron chi connectivity index (χ4n) is 2.37. The minimum atomic E-state index is 0.0403. The van der Waals surface area contributed by atoms with Crippen LogP contribution in [0.2, 0.25) is 0 Å². The van der Waals surface area contributed by atoms with Gasteiger partial charge in [-0.05, 0) is 36.0 Å². The van der Waals surface area contributed by atoms with E-state index in [1.807, 2.05) is 6.07 Å². The van der Waals surface area contributed by atoms with Crippen molar-refractivity contribution in [3.63, 3.8) is 0 Å². The van der Waals surface area contributed by atoms with Gasteiger partial charge in [-0.2, -0.15) is 0 Å². The molecule has 2 atom stereocenters. The van der Waals surface area contributed by atoms with Crippen molar-refractivity contribution in [3.05, 3.63) is 57.8 Å². The lowest BCUT2D eigenvalue weighted by Crippen LogP contribution is -2.28. The largest absolute Gasteiger partial charge is 0.375 e. The average molecular weight is 275 g/mol. The average Bonchev–Trinajstić information content (AvgIpc) is 2.86. The first-order valence-electron chi connectivity index (χ1n) is 6.63. The van der Waals surface area contributed by atoms with Gasteiger partial charge in [0.25, 0.3) is 0 Å². The van der Waals surface area contributed by atoms with Crippen LogP contribution in [0.25, 0.3) is 0 Å². The number of nitrogens with one attached hydrogen (secondary N) is 1. The quantitative estimate of drug-likeness (QED) is 0.857. The van der Waals surface area contributed by atoms with E-state index in [0.29, 0.717) is 0 Å². The third-order valence-electron chi connectivity index (χ3n) is 3.29. The Labute approximate surface area is 119 Å². The van der Waals surface area contributed by atoms with Gasteiger partial charge < -0.3 is 10.1 Å². The minimum Gasteiger partial charge on any atom is -0.375 e. The van der Waals surface area contributed by atoms with Crippen molar-refractivity contribution in [2.24, 2.45) is 0 Å². The maximum absolute atomic E-state index is 5.77. The topological polar surface area (TPSA) is 21.3 Å². The SMILES string of the molecule is CCNC(c1sccc1C)C(OC)c1ccccc1. The lowest BCUT2D eigenvalue weighted by molar-refractivity contribution is 0.0691. The molecule has 2 unspecified atom stereocenters. The summed E-state index contributed by atoms with van der Waals surface area (Å²) in [5, 5.41) is 5.71. The lowest BCUT2D eigenvalue weighted by atomic mass is 9.99. The fraction of sp³-hybridized carbons (Fsp3) is 0.375. The second kappa shape index (κ2) is 6.85. The van der Waals surface area contributed by atoms with Gasteiger partial charge in [0.1, 0.15) is 6.10 Å². The number of aryl methyl sites for hydroxylation is 1. The molecular weight excluding hydrogens is 254 g/mol. The zero-order chi connectivity index (χ0) is 13.7. The highest BCUT2D eigenvalue weighted by Crippen LogP contribution is 2.35. The van der Waals surface area contributed by atoms with Crippen LogP contribution in [0.5, 0.6) is 0 Å². The predicted octanol–water partition coefficient (Wildman–Crippen LogP) is 4.09. The van der Waals surface area contributed by atoms with Crippen molar-refractivity contribution in [2.45, 2.75) is 26.0 Å². The van der Waals surface area contributed by atoms with Crippen molar-refractivity contribution in [3.8, 4) is 0 Å². The smallest absolute Gasteiger partial charge is 0.102 e. The van der Waals surface area contributed by atoms with Crippen molar-refractivity contribution >= 4 is 11.3 Å². The second-order valence-electron chi connectivity index (χ2n) is 4.57. The Morgan fingerprint density at radius 1 is 1.21 bits per heavy atom. The first-order chi connectivity index (χ1) is 9.27. The number of rotatable bonds is 6. The summed E-state index contributed by atoms with van der Waals surface area (Å²) >= 11 is 1.79. The summed E-state index contributed by atoms with van der Waals surface area (Å²) in [5.41, 5.74) is 2.54. The van der Waals surface area contributed by atoms with Crippen LogP contribution >= 0.6 is 11.3 Å². The van der Waals surface area contributed by atoms with E-state index < -0.39 is 0 Å². The van der Waals surface area contributed by atoms with Crippen molar-refractivity contribution < 1.29 is 4.74 Å². The van der Waals surface area contributed by atoms with Gasteiger partial charge in [-0.25, -0.2) is 0 Å². The molecule has 0 bridgehead atoms. The van der Waals surface area contributed by atoms with E-state index >= 15 is 0 Å². The predicted molar refractivity (Wildman–Crippen MR) is 81.7 cm³/mol. The highest BCUT2D eigenvalue weighted by atomic mass is 32.1. The van der Waals surface area contributed by atoms with Crippen LogP contribution in [-0.2, 0) is 4.74 Å². The molecule has 0 radical (unpaired) electrons. The van der Waals surface area contributed by atoms with Gasteiger partial charge in [-0.3, -0.25) is 0 Å². The highest BCUT2D eigenvalue weighted by molar-refractivity contribution is 7.10. The maximum Gasteiger partial charge on any atom is 0.102 e. The molecule has 2 rings (SSSR count). The number of thiophene rings is 1. The number of likely N-dealkylation sites (N-methyl/N-ethyl adjacent to an activating group) is 1. The second-order valence-corrected chi connectivity index (χ2v) is 5.52. The summed E-state index contributed by atoms with van der Waals surface area (Å²) in [6, 6.07) is 12.8. The summed E-state index contributed by atoms with van der Waals surface area (Å²) < 4.78 is 5.77. The molecule has 1 N–H and O–H groups in total. The van der Waals surface area contributed by atoms with Gasteiger partial charge in [0.2, 0.25) is 0 Å². The Morgan fingerprint density at radius 3 is 2.47 bits per heavy atom. The molecule has 0 saturated carbocycles. The summed E-state index contributed by atoms with van der Waals surface area (Å²) in [4.78, 5) is 1.36. The Balaban J connectivity index is 2.34. The lowest BCUT2D eigenvalue weighted by Gasteiger charge is -2.27. The molecule has 0 aliphatic heterocycles. The number of hydrogen-bond donors (Lipinski definition) is 1. The van der Waals surface area contributed by atoms with E-state index in [2.05, 4.69) is 54.9 Å². The molecule has 2 aromatic rings. The molecule has 0 amide bonds. The molecule has 3 heteroatoms. The van der Waals surface area contributed by atoms with Gasteiger partial charge in [0.15, 0.2) is 0 Å². The molecule has 0 saturated heterocycles. The molecule has 0 aliphatic rings. The van der Waals surface area contributed by atoms with Gasteiger partial charge in [-0.1, -0.05) is 37.3 Å². The molecule has 1 heterocycles. The summed E-state index contributed by atoms with van der Waals surface area (Å²) in [6.45, 7) is 5.22. The molecule has 0 fully saturated rings. The van der Waals surface area contributed by atoms with Gasteiger partial charge >= 0.3 is 0 Å². The molecule has 19 heavy (non-hydrogen) atoms. The molecule has 2 nitrogen and oxygen atoms in total. The number of methoxy groups -OCH3 is 1. The number of hydrogen-bond acceptors (Lipinski definition) is 3. The Morgan fingerprint density at radius 2 is 1.95 bits per heavy atom. The minimum absolute atomic E-state index is 0.0403. The summed E-state index contributed by atoms with van der Waals surface area (Å²) in [6.07, 6.45) is 0.0403. The molecule has 0 spiro atoms. The van der Waals surface area contributed by atoms with E-state index in [1.54, 1.807) is 18.4 Å². The summed E-state index contributed by atoms with van der Waals surface area (Å²) in [5.74, 6) is 0. The molecule has 1 aromatic heterocycles. The van der Waals surface area contributed by atoms with Gasteiger partial charge in [0.05, 0.1) is 6.04 Å². The van der Waals surface area contributed by atoms with E-state index in [0.717, 1.165) is 6.54 Å². The monoisotopic (exact) mass is 275 g/mol. The highest BCUT2D eigenvalue weighted by Gasteiger charge is 2.25. The fourth-order valence-corrected chi connectivity index (χ4v) is 3.39. The van der Waals surface area contributed by atoms with Gasteiger partial charge in [0, 0.05) is 12.0 Å². The van der Waals surface area contributed by atoms with E-state index in [9.17, 15) is 0 Å². The van der Waals surface area contributed by atoms with Gasteiger partial charge in [-0.15, -0.1) is 11.3 Å². The first-order valence-corrected chi connectivity index (χ1v) is 7.51. The normalized spacial score (nSPS) is 14.3. The zero-order valence-corrected chi connectivity index (χ0v) is 12.5. The van der Waals surface area contributed by atoms with Crippen LogP contribution in [0.4, 0.5) is 0 Å². The van der Waals surface area contributed by atoms with Crippen molar-refractivity contribution in [2.75, 3.05) is 13.7 Å². The third kappa shape index (κ3) is 3.24. The zero-order valence-electron chi connectivity index (χ0n) is 11.7. The van der Waals surface area contributed by atoms with Crippen LogP contribution < -0.4 is 5.32 Å². The van der Waals surface area contributed by atoms with Crippen LogP contribution in [0.1, 0.15) is 35.1 Å². The van der Waals surface area contributed by atoms with E-state index in [1.165, 1.54) is 16.0 Å². The molecule has 0 aliphatic carbocycles. The first kappa shape index (κ1) is 14.3. The van der Waals surface area contributed by atoms with Crippen LogP contribution in [0, 0.1) is 6.92 Å². The summed E-state index contributed by atoms with van der Waals surface area (Å²) in [7, 11) is 1.78. The third-order valence-corrected chi connectivity index (χ3v) is 4.40. The number of benzene rings is 1. The van der Waals surface area contributed by atoms with Crippen LogP contribution in [-0.4, -0.2) is 13.7 Å². The van der Waals surface area contributed by atoms with Crippen LogP contribution in [0.15, 0.2) is 41.8 Å². The van der Waals surface area contributed by atoms with E-state index in [-0.39, 0.29) is 12.1 Å².